The van der Waals surface area contributed by atoms with E-state index in [9.17, 15) is 9.59 Å². The molecular weight excluding hydrogens is 302 g/mol. The molecule has 0 unspecified atom stereocenters. The third kappa shape index (κ3) is 3.43. The SMILES string of the molecule is COC(=O)c1ccc(Cc2cccc(-c3ccccc3)c2)[nH]c1=O. The molecule has 0 saturated heterocycles. The number of methoxy groups -OCH3 is 1. The molecule has 0 aliphatic carbocycles. The number of aromatic nitrogens is 1. The van der Waals surface area contributed by atoms with E-state index < -0.39 is 11.5 Å². The van der Waals surface area contributed by atoms with Crippen molar-refractivity contribution in [3.63, 3.8) is 0 Å². The third-order valence-electron chi connectivity index (χ3n) is 3.80. The third-order valence-corrected chi connectivity index (χ3v) is 3.80. The normalized spacial score (nSPS) is 10.4. The summed E-state index contributed by atoms with van der Waals surface area (Å²) in [4.78, 5) is 26.2. The molecule has 0 fully saturated rings. The van der Waals surface area contributed by atoms with E-state index in [2.05, 4.69) is 34.0 Å². The Morgan fingerprint density at radius 1 is 0.958 bits per heavy atom. The van der Waals surface area contributed by atoms with Crippen molar-refractivity contribution in [2.75, 3.05) is 7.11 Å². The summed E-state index contributed by atoms with van der Waals surface area (Å²) in [6.07, 6.45) is 0.581. The van der Waals surface area contributed by atoms with Gasteiger partial charge in [0.2, 0.25) is 0 Å². The topological polar surface area (TPSA) is 59.2 Å². The Morgan fingerprint density at radius 2 is 1.71 bits per heavy atom. The monoisotopic (exact) mass is 319 g/mol. The first-order valence-corrected chi connectivity index (χ1v) is 7.62. The molecule has 4 nitrogen and oxygen atoms in total. The van der Waals surface area contributed by atoms with Crippen LogP contribution in [0.25, 0.3) is 11.1 Å². The van der Waals surface area contributed by atoms with Gasteiger partial charge in [-0.3, -0.25) is 4.79 Å². The molecule has 0 aliphatic rings. The Bertz CT molecular complexity index is 913. The Labute approximate surface area is 139 Å². The Hall–Kier alpha value is -3.14. The van der Waals surface area contributed by atoms with Gasteiger partial charge in [0, 0.05) is 12.1 Å². The minimum atomic E-state index is -0.631. The smallest absolute Gasteiger partial charge is 0.343 e. The van der Waals surface area contributed by atoms with Gasteiger partial charge in [0.25, 0.3) is 5.56 Å². The summed E-state index contributed by atoms with van der Waals surface area (Å²) < 4.78 is 4.58. The van der Waals surface area contributed by atoms with E-state index in [4.69, 9.17) is 0 Å². The van der Waals surface area contributed by atoms with Crippen LogP contribution in [0.4, 0.5) is 0 Å². The Kier molecular flexibility index (Phi) is 4.57. The van der Waals surface area contributed by atoms with Crippen LogP contribution < -0.4 is 5.56 Å². The van der Waals surface area contributed by atoms with Crippen LogP contribution in [0.5, 0.6) is 0 Å². The number of H-pyrrole nitrogens is 1. The average Bonchev–Trinajstić information content (AvgIpc) is 2.62. The molecule has 1 aromatic heterocycles. The number of carbonyl (C=O) groups is 1. The molecule has 0 spiro atoms. The van der Waals surface area contributed by atoms with Crippen molar-refractivity contribution < 1.29 is 9.53 Å². The highest BCUT2D eigenvalue weighted by molar-refractivity contribution is 5.88. The number of ether oxygens (including phenoxy) is 1. The molecule has 0 aliphatic heterocycles. The number of esters is 1. The zero-order valence-corrected chi connectivity index (χ0v) is 13.3. The van der Waals surface area contributed by atoms with E-state index >= 15 is 0 Å². The van der Waals surface area contributed by atoms with Gasteiger partial charge in [-0.15, -0.1) is 0 Å². The number of carbonyl (C=O) groups excluding carboxylic acids is 1. The molecule has 1 heterocycles. The van der Waals surface area contributed by atoms with Crippen LogP contribution in [0, 0.1) is 0 Å². The van der Waals surface area contributed by atoms with Gasteiger partial charge in [-0.05, 0) is 28.8 Å². The minimum absolute atomic E-state index is 0.0132. The van der Waals surface area contributed by atoms with Gasteiger partial charge >= 0.3 is 5.97 Å². The van der Waals surface area contributed by atoms with E-state index in [0.29, 0.717) is 6.42 Å². The summed E-state index contributed by atoms with van der Waals surface area (Å²) in [5, 5.41) is 0. The van der Waals surface area contributed by atoms with Crippen molar-refractivity contribution in [3.8, 4) is 11.1 Å². The molecule has 120 valence electrons. The summed E-state index contributed by atoms with van der Waals surface area (Å²) in [6.45, 7) is 0. The molecule has 0 radical (unpaired) electrons. The number of hydrogen-bond donors (Lipinski definition) is 1. The molecule has 24 heavy (non-hydrogen) atoms. The predicted molar refractivity (Wildman–Crippen MR) is 93.1 cm³/mol. The zero-order chi connectivity index (χ0) is 16.9. The summed E-state index contributed by atoms with van der Waals surface area (Å²) >= 11 is 0. The maximum absolute atomic E-state index is 12.0. The first-order chi connectivity index (χ1) is 11.7. The van der Waals surface area contributed by atoms with Crippen molar-refractivity contribution in [1.29, 1.82) is 0 Å². The fourth-order valence-electron chi connectivity index (χ4n) is 2.60. The molecule has 0 amide bonds. The fraction of sp³-hybridized carbons (Fsp3) is 0.100. The summed E-state index contributed by atoms with van der Waals surface area (Å²) in [6, 6.07) is 21.5. The standard InChI is InChI=1S/C20H17NO3/c1-24-20(23)18-11-10-17(21-19(18)22)13-14-6-5-9-16(12-14)15-7-3-2-4-8-15/h2-12H,13H2,1H3,(H,21,22). The molecule has 3 aromatic rings. The molecular formula is C20H17NO3. The number of rotatable bonds is 4. The lowest BCUT2D eigenvalue weighted by atomic mass is 10.0. The fourth-order valence-corrected chi connectivity index (χ4v) is 2.60. The van der Waals surface area contributed by atoms with Gasteiger partial charge in [0.05, 0.1) is 7.11 Å². The zero-order valence-electron chi connectivity index (χ0n) is 13.3. The van der Waals surface area contributed by atoms with E-state index in [1.807, 2.05) is 30.3 Å². The van der Waals surface area contributed by atoms with Gasteiger partial charge < -0.3 is 9.72 Å². The maximum atomic E-state index is 12.0. The van der Waals surface area contributed by atoms with E-state index in [1.54, 1.807) is 6.07 Å². The van der Waals surface area contributed by atoms with Gasteiger partial charge in [-0.2, -0.15) is 0 Å². The van der Waals surface area contributed by atoms with Crippen LogP contribution in [-0.2, 0) is 11.2 Å². The lowest BCUT2D eigenvalue weighted by Crippen LogP contribution is -2.19. The van der Waals surface area contributed by atoms with Crippen molar-refractivity contribution in [1.82, 2.24) is 4.98 Å². The molecule has 0 bridgehead atoms. The highest BCUT2D eigenvalue weighted by atomic mass is 16.5. The van der Waals surface area contributed by atoms with Crippen LogP contribution in [0.2, 0.25) is 0 Å². The molecule has 0 atom stereocenters. The lowest BCUT2D eigenvalue weighted by molar-refractivity contribution is 0.0598. The van der Waals surface area contributed by atoms with Gasteiger partial charge in [-0.1, -0.05) is 54.6 Å². The molecule has 0 saturated carbocycles. The highest BCUT2D eigenvalue weighted by Crippen LogP contribution is 2.21. The van der Waals surface area contributed by atoms with Crippen LogP contribution >= 0.6 is 0 Å². The van der Waals surface area contributed by atoms with Crippen molar-refractivity contribution in [2.24, 2.45) is 0 Å². The number of aromatic amines is 1. The second kappa shape index (κ2) is 6.96. The van der Waals surface area contributed by atoms with E-state index in [-0.39, 0.29) is 5.56 Å². The van der Waals surface area contributed by atoms with Crippen LogP contribution in [-0.4, -0.2) is 18.1 Å². The first-order valence-electron chi connectivity index (χ1n) is 7.62. The van der Waals surface area contributed by atoms with Gasteiger partial charge in [0.15, 0.2) is 0 Å². The minimum Gasteiger partial charge on any atom is -0.465 e. The number of hydrogen-bond acceptors (Lipinski definition) is 3. The average molecular weight is 319 g/mol. The van der Waals surface area contributed by atoms with Crippen molar-refractivity contribution in [2.45, 2.75) is 6.42 Å². The van der Waals surface area contributed by atoms with Crippen molar-refractivity contribution >= 4 is 5.97 Å². The molecule has 1 N–H and O–H groups in total. The molecule has 2 aromatic carbocycles. The number of pyridine rings is 1. The molecule has 3 rings (SSSR count). The second-order valence-corrected chi connectivity index (χ2v) is 5.46. The summed E-state index contributed by atoms with van der Waals surface area (Å²) in [7, 11) is 1.25. The number of nitrogens with one attached hydrogen (secondary N) is 1. The van der Waals surface area contributed by atoms with Crippen LogP contribution in [0.1, 0.15) is 21.6 Å². The quantitative estimate of drug-likeness (QED) is 0.750. The number of benzene rings is 2. The van der Waals surface area contributed by atoms with E-state index in [1.165, 1.54) is 13.2 Å². The summed E-state index contributed by atoms with van der Waals surface area (Å²) in [5.41, 5.74) is 3.68. The van der Waals surface area contributed by atoms with Crippen molar-refractivity contribution in [3.05, 3.63) is 93.9 Å². The van der Waals surface area contributed by atoms with Gasteiger partial charge in [0.1, 0.15) is 5.56 Å². The highest BCUT2D eigenvalue weighted by Gasteiger charge is 2.11. The second-order valence-electron chi connectivity index (χ2n) is 5.46. The Balaban J connectivity index is 1.86. The van der Waals surface area contributed by atoms with Crippen LogP contribution in [0.15, 0.2) is 71.5 Å². The predicted octanol–water partition coefficient (Wildman–Crippen LogP) is 3.42. The summed E-state index contributed by atoms with van der Waals surface area (Å²) in [5.74, 6) is -0.631. The lowest BCUT2D eigenvalue weighted by Gasteiger charge is -2.07. The van der Waals surface area contributed by atoms with E-state index in [0.717, 1.165) is 22.4 Å². The first kappa shape index (κ1) is 15.7. The van der Waals surface area contributed by atoms with Crippen LogP contribution in [0.3, 0.4) is 0 Å². The molecule has 4 heteroatoms. The maximum Gasteiger partial charge on any atom is 0.343 e. The Morgan fingerprint density at radius 3 is 2.42 bits per heavy atom. The largest absolute Gasteiger partial charge is 0.465 e. The van der Waals surface area contributed by atoms with Gasteiger partial charge in [-0.25, -0.2) is 4.79 Å².